The maximum Gasteiger partial charge on any atom is 0.251 e. The molecule has 1 aliphatic heterocycles. The quantitative estimate of drug-likeness (QED) is 0.868. The standard InChI is InChI=1S/C17H25N3O3S/c1-19(2)24(22,23)16-7-3-13(4-8-16)17(21)18-14-9-11-20(12-10-14)15-5-6-15/h3-4,7-8,14-15H,5-6,9-12H2,1-2H3,(H,18,21). The lowest BCUT2D eigenvalue weighted by Crippen LogP contribution is -2.45. The van der Waals surface area contributed by atoms with Crippen molar-refractivity contribution in [1.82, 2.24) is 14.5 Å². The second-order valence-corrected chi connectivity index (χ2v) is 8.98. The van der Waals surface area contributed by atoms with Crippen molar-refractivity contribution in [3.8, 4) is 0 Å². The number of hydrogen-bond acceptors (Lipinski definition) is 4. The summed E-state index contributed by atoms with van der Waals surface area (Å²) in [6.07, 6.45) is 4.60. The van der Waals surface area contributed by atoms with Crippen LogP contribution in [0.3, 0.4) is 0 Å². The smallest absolute Gasteiger partial charge is 0.251 e. The third kappa shape index (κ3) is 3.79. The van der Waals surface area contributed by atoms with Crippen molar-refractivity contribution in [2.75, 3.05) is 27.2 Å². The molecule has 1 aliphatic carbocycles. The number of hydrogen-bond donors (Lipinski definition) is 1. The lowest BCUT2D eigenvalue weighted by Gasteiger charge is -2.32. The van der Waals surface area contributed by atoms with Gasteiger partial charge in [-0.25, -0.2) is 12.7 Å². The van der Waals surface area contributed by atoms with Crippen LogP contribution in [0.25, 0.3) is 0 Å². The molecule has 2 fully saturated rings. The number of rotatable bonds is 5. The summed E-state index contributed by atoms with van der Waals surface area (Å²) < 4.78 is 25.2. The van der Waals surface area contributed by atoms with Crippen LogP contribution in [0.2, 0.25) is 0 Å². The van der Waals surface area contributed by atoms with Gasteiger partial charge in [-0.1, -0.05) is 0 Å². The summed E-state index contributed by atoms with van der Waals surface area (Å²) in [7, 11) is -0.479. The molecule has 3 rings (SSSR count). The predicted octanol–water partition coefficient (Wildman–Crippen LogP) is 1.29. The van der Waals surface area contributed by atoms with Gasteiger partial charge >= 0.3 is 0 Å². The highest BCUT2D eigenvalue weighted by Gasteiger charge is 2.32. The number of carbonyl (C=O) groups excluding carboxylic acids is 1. The van der Waals surface area contributed by atoms with E-state index in [1.54, 1.807) is 12.1 Å². The summed E-state index contributed by atoms with van der Waals surface area (Å²) in [4.78, 5) is 15.1. The summed E-state index contributed by atoms with van der Waals surface area (Å²) in [6, 6.07) is 7.11. The third-order valence-corrected chi connectivity index (χ3v) is 6.65. The Morgan fingerprint density at radius 1 is 1.08 bits per heavy atom. The molecule has 1 heterocycles. The van der Waals surface area contributed by atoms with Crippen molar-refractivity contribution in [2.45, 2.75) is 42.7 Å². The Kier molecular flexibility index (Phi) is 4.94. The van der Waals surface area contributed by atoms with Crippen LogP contribution < -0.4 is 5.32 Å². The zero-order chi connectivity index (χ0) is 17.3. The Morgan fingerprint density at radius 3 is 2.17 bits per heavy atom. The highest BCUT2D eigenvalue weighted by atomic mass is 32.2. The van der Waals surface area contributed by atoms with E-state index < -0.39 is 10.0 Å². The van der Waals surface area contributed by atoms with Gasteiger partial charge in [-0.05, 0) is 49.9 Å². The molecule has 132 valence electrons. The zero-order valence-corrected chi connectivity index (χ0v) is 15.1. The fourth-order valence-corrected chi connectivity index (χ4v) is 4.01. The van der Waals surface area contributed by atoms with Crippen molar-refractivity contribution in [3.05, 3.63) is 29.8 Å². The first-order valence-electron chi connectivity index (χ1n) is 8.45. The minimum Gasteiger partial charge on any atom is -0.349 e. The minimum absolute atomic E-state index is 0.131. The Bertz CT molecular complexity index is 688. The number of nitrogens with zero attached hydrogens (tertiary/aromatic N) is 2. The molecule has 1 N–H and O–H groups in total. The van der Waals surface area contributed by atoms with Crippen LogP contribution in [0.15, 0.2) is 29.2 Å². The van der Waals surface area contributed by atoms with E-state index in [0.29, 0.717) is 5.56 Å². The van der Waals surface area contributed by atoms with Gasteiger partial charge in [0.2, 0.25) is 10.0 Å². The molecule has 2 aliphatic rings. The van der Waals surface area contributed by atoms with E-state index in [-0.39, 0.29) is 16.8 Å². The Hall–Kier alpha value is -1.44. The molecule has 24 heavy (non-hydrogen) atoms. The van der Waals surface area contributed by atoms with Gasteiger partial charge in [0, 0.05) is 44.8 Å². The molecule has 1 saturated carbocycles. The Labute approximate surface area is 143 Å². The number of piperidine rings is 1. The van der Waals surface area contributed by atoms with Crippen LogP contribution in [0.1, 0.15) is 36.0 Å². The van der Waals surface area contributed by atoms with Crippen LogP contribution in [-0.2, 0) is 10.0 Å². The summed E-state index contributed by atoms with van der Waals surface area (Å²) >= 11 is 0. The fraction of sp³-hybridized carbons (Fsp3) is 0.588. The maximum atomic E-state index is 12.4. The van der Waals surface area contributed by atoms with Crippen LogP contribution in [0.4, 0.5) is 0 Å². The molecule has 0 unspecified atom stereocenters. The molecule has 0 bridgehead atoms. The van der Waals surface area contributed by atoms with Gasteiger partial charge in [-0.3, -0.25) is 4.79 Å². The van der Waals surface area contributed by atoms with Gasteiger partial charge in [0.1, 0.15) is 0 Å². The topological polar surface area (TPSA) is 69.7 Å². The molecule has 0 aromatic heterocycles. The number of sulfonamides is 1. The van der Waals surface area contributed by atoms with E-state index in [4.69, 9.17) is 0 Å². The molecule has 1 saturated heterocycles. The monoisotopic (exact) mass is 351 g/mol. The highest BCUT2D eigenvalue weighted by Crippen LogP contribution is 2.29. The van der Waals surface area contributed by atoms with Crippen LogP contribution >= 0.6 is 0 Å². The van der Waals surface area contributed by atoms with E-state index in [2.05, 4.69) is 10.2 Å². The van der Waals surface area contributed by atoms with E-state index in [9.17, 15) is 13.2 Å². The van der Waals surface area contributed by atoms with Gasteiger partial charge in [0.25, 0.3) is 5.91 Å². The lowest BCUT2D eigenvalue weighted by atomic mass is 10.0. The molecular weight excluding hydrogens is 326 g/mol. The first-order valence-corrected chi connectivity index (χ1v) is 9.89. The highest BCUT2D eigenvalue weighted by molar-refractivity contribution is 7.89. The fourth-order valence-electron chi connectivity index (χ4n) is 3.11. The molecule has 0 radical (unpaired) electrons. The average molecular weight is 351 g/mol. The number of nitrogens with one attached hydrogen (secondary N) is 1. The van der Waals surface area contributed by atoms with Gasteiger partial charge < -0.3 is 10.2 Å². The van der Waals surface area contributed by atoms with E-state index in [0.717, 1.165) is 36.3 Å². The molecule has 0 spiro atoms. The molecule has 1 amide bonds. The van der Waals surface area contributed by atoms with E-state index in [1.165, 1.54) is 39.1 Å². The van der Waals surface area contributed by atoms with Crippen LogP contribution in [0, 0.1) is 0 Å². The minimum atomic E-state index is -3.46. The zero-order valence-electron chi connectivity index (χ0n) is 14.2. The molecule has 6 nitrogen and oxygen atoms in total. The lowest BCUT2D eigenvalue weighted by molar-refractivity contribution is 0.0909. The third-order valence-electron chi connectivity index (χ3n) is 4.82. The summed E-state index contributed by atoms with van der Waals surface area (Å²) in [5.74, 6) is -0.131. The van der Waals surface area contributed by atoms with Crippen LogP contribution in [0.5, 0.6) is 0 Å². The summed E-state index contributed by atoms with van der Waals surface area (Å²) in [5, 5.41) is 3.07. The van der Waals surface area contributed by atoms with Crippen molar-refractivity contribution in [2.24, 2.45) is 0 Å². The van der Waals surface area contributed by atoms with Gasteiger partial charge in [-0.15, -0.1) is 0 Å². The second-order valence-electron chi connectivity index (χ2n) is 6.83. The average Bonchev–Trinajstić information content (AvgIpc) is 3.40. The predicted molar refractivity (Wildman–Crippen MR) is 92.4 cm³/mol. The number of benzene rings is 1. The van der Waals surface area contributed by atoms with Crippen molar-refractivity contribution in [1.29, 1.82) is 0 Å². The molecule has 7 heteroatoms. The largest absolute Gasteiger partial charge is 0.349 e. The van der Waals surface area contributed by atoms with Crippen molar-refractivity contribution in [3.63, 3.8) is 0 Å². The maximum absolute atomic E-state index is 12.4. The van der Waals surface area contributed by atoms with Gasteiger partial charge in [0.15, 0.2) is 0 Å². The molecule has 1 aromatic rings. The normalized spacial score (nSPS) is 20.3. The summed E-state index contributed by atoms with van der Waals surface area (Å²) in [6.45, 7) is 2.10. The van der Waals surface area contributed by atoms with Crippen molar-refractivity contribution < 1.29 is 13.2 Å². The Morgan fingerprint density at radius 2 is 1.67 bits per heavy atom. The SMILES string of the molecule is CN(C)S(=O)(=O)c1ccc(C(=O)NC2CCN(C3CC3)CC2)cc1. The van der Waals surface area contributed by atoms with Crippen molar-refractivity contribution >= 4 is 15.9 Å². The second kappa shape index (κ2) is 6.82. The number of amides is 1. The first kappa shape index (κ1) is 17.4. The van der Waals surface area contributed by atoms with Gasteiger partial charge in [-0.2, -0.15) is 0 Å². The Balaban J connectivity index is 1.57. The number of carbonyl (C=O) groups is 1. The van der Waals surface area contributed by atoms with E-state index >= 15 is 0 Å². The first-order chi connectivity index (χ1) is 11.4. The molecular formula is C17H25N3O3S. The molecule has 0 atom stereocenters. The van der Waals surface area contributed by atoms with Gasteiger partial charge in [0.05, 0.1) is 4.90 Å². The van der Waals surface area contributed by atoms with Crippen LogP contribution in [-0.4, -0.2) is 62.8 Å². The number of likely N-dealkylation sites (tertiary alicyclic amines) is 1. The van der Waals surface area contributed by atoms with E-state index in [1.807, 2.05) is 0 Å². The summed E-state index contributed by atoms with van der Waals surface area (Å²) in [5.41, 5.74) is 0.498. The molecule has 1 aromatic carbocycles.